The zero-order valence-corrected chi connectivity index (χ0v) is 17.3. The van der Waals surface area contributed by atoms with Crippen LogP contribution in [0.5, 0.6) is 5.75 Å². The predicted molar refractivity (Wildman–Crippen MR) is 117 cm³/mol. The first-order valence-electron chi connectivity index (χ1n) is 9.84. The molecule has 0 aliphatic carbocycles. The van der Waals surface area contributed by atoms with Gasteiger partial charge in [0.1, 0.15) is 11.8 Å². The fourth-order valence-corrected chi connectivity index (χ4v) is 4.36. The van der Waals surface area contributed by atoms with Crippen LogP contribution in [-0.2, 0) is 0 Å². The van der Waals surface area contributed by atoms with E-state index in [2.05, 4.69) is 6.07 Å². The average Bonchev–Trinajstić information content (AvgIpc) is 3.23. The van der Waals surface area contributed by atoms with Crippen LogP contribution >= 0.6 is 11.6 Å². The summed E-state index contributed by atoms with van der Waals surface area (Å²) in [7, 11) is 1.64. The summed E-state index contributed by atoms with van der Waals surface area (Å²) in [5.41, 5.74) is 3.36. The number of methoxy groups -OCH3 is 1. The maximum atomic E-state index is 13.4. The molecule has 0 spiro atoms. The van der Waals surface area contributed by atoms with Crippen molar-refractivity contribution in [1.82, 2.24) is 4.90 Å². The Morgan fingerprint density at radius 1 is 1.03 bits per heavy atom. The Labute approximate surface area is 181 Å². The minimum absolute atomic E-state index is 0.157. The second-order valence-corrected chi connectivity index (χ2v) is 7.66. The highest BCUT2D eigenvalue weighted by atomic mass is 35.5. The van der Waals surface area contributed by atoms with Crippen LogP contribution in [0.15, 0.2) is 72.8 Å². The number of ether oxygens (including phenoxy) is 1. The molecule has 1 fully saturated rings. The van der Waals surface area contributed by atoms with E-state index in [1.165, 1.54) is 0 Å². The third-order valence-corrected chi connectivity index (χ3v) is 5.93. The fraction of sp³-hybridized carbons (Fsp3) is 0.200. The lowest BCUT2D eigenvalue weighted by Crippen LogP contribution is -2.36. The number of para-hydroxylation sites is 1. The third kappa shape index (κ3) is 3.65. The number of halogens is 1. The lowest BCUT2D eigenvalue weighted by atomic mass is 10.0. The molecule has 1 amide bonds. The summed E-state index contributed by atoms with van der Waals surface area (Å²) in [6, 6.07) is 24.3. The maximum Gasteiger partial charge on any atom is 0.255 e. The van der Waals surface area contributed by atoms with Crippen LogP contribution in [0, 0.1) is 11.3 Å². The normalized spacial score (nSPS) is 18.1. The van der Waals surface area contributed by atoms with Crippen molar-refractivity contribution in [3.05, 3.63) is 88.9 Å². The molecule has 1 aliphatic rings. The SMILES string of the molecule is COc1ccccc1-c1ccc(C(=O)N2[C@H](C#N)CC[C@@H]2c2ccccc2Cl)cc1. The van der Waals surface area contributed by atoms with Crippen LogP contribution in [-0.4, -0.2) is 24.0 Å². The van der Waals surface area contributed by atoms with Crippen molar-refractivity contribution in [3.63, 3.8) is 0 Å². The minimum Gasteiger partial charge on any atom is -0.496 e. The quantitative estimate of drug-likeness (QED) is 0.533. The molecule has 4 nitrogen and oxygen atoms in total. The van der Waals surface area contributed by atoms with Gasteiger partial charge in [-0.25, -0.2) is 0 Å². The molecule has 0 aromatic heterocycles. The molecule has 0 N–H and O–H groups in total. The summed E-state index contributed by atoms with van der Waals surface area (Å²) in [4.78, 5) is 15.1. The highest BCUT2D eigenvalue weighted by Gasteiger charge is 2.39. The third-order valence-electron chi connectivity index (χ3n) is 5.58. The molecule has 2 atom stereocenters. The summed E-state index contributed by atoms with van der Waals surface area (Å²) in [6.45, 7) is 0. The first-order valence-corrected chi connectivity index (χ1v) is 10.2. The average molecular weight is 417 g/mol. The van der Waals surface area contributed by atoms with Gasteiger partial charge in [0.15, 0.2) is 0 Å². The van der Waals surface area contributed by atoms with Gasteiger partial charge < -0.3 is 9.64 Å². The molecule has 30 heavy (non-hydrogen) atoms. The van der Waals surface area contributed by atoms with Gasteiger partial charge in [0.05, 0.1) is 19.2 Å². The molecule has 0 unspecified atom stereocenters. The number of benzene rings is 3. The van der Waals surface area contributed by atoms with Crippen molar-refractivity contribution in [2.75, 3.05) is 7.11 Å². The molecule has 0 bridgehead atoms. The molecule has 3 aromatic rings. The zero-order chi connectivity index (χ0) is 21.1. The molecular weight excluding hydrogens is 396 g/mol. The Morgan fingerprint density at radius 2 is 1.73 bits per heavy atom. The molecule has 0 radical (unpaired) electrons. The Morgan fingerprint density at radius 3 is 2.43 bits per heavy atom. The minimum atomic E-state index is -0.465. The van der Waals surface area contributed by atoms with Gasteiger partial charge in [-0.3, -0.25) is 4.79 Å². The van der Waals surface area contributed by atoms with Crippen LogP contribution in [0.2, 0.25) is 5.02 Å². The molecule has 150 valence electrons. The van der Waals surface area contributed by atoms with E-state index in [0.717, 1.165) is 22.4 Å². The maximum absolute atomic E-state index is 13.4. The molecular formula is C25H21ClN2O2. The second kappa shape index (κ2) is 8.61. The van der Waals surface area contributed by atoms with Gasteiger partial charge in [-0.2, -0.15) is 5.26 Å². The lowest BCUT2D eigenvalue weighted by molar-refractivity contribution is 0.0700. The summed E-state index contributed by atoms with van der Waals surface area (Å²) >= 11 is 6.40. The van der Waals surface area contributed by atoms with Crippen LogP contribution in [0.1, 0.15) is 34.8 Å². The Bertz CT molecular complexity index is 1100. The molecule has 5 heteroatoms. The molecule has 0 saturated carbocycles. The van der Waals surface area contributed by atoms with Crippen LogP contribution < -0.4 is 4.74 Å². The summed E-state index contributed by atoms with van der Waals surface area (Å²) in [6.07, 6.45) is 1.35. The number of likely N-dealkylation sites (tertiary alicyclic amines) is 1. The van der Waals surface area contributed by atoms with Crippen molar-refractivity contribution in [3.8, 4) is 22.9 Å². The molecule has 1 saturated heterocycles. The van der Waals surface area contributed by atoms with Crippen molar-refractivity contribution < 1.29 is 9.53 Å². The standard InChI is InChI=1S/C25H21ClN2O2/c1-30-24-9-5-3-6-20(24)17-10-12-18(13-11-17)25(29)28-19(16-27)14-15-23(28)21-7-2-4-8-22(21)26/h2-13,19,23H,14-15H2,1H3/t19-,23+/m0/s1. The number of rotatable bonds is 4. The van der Waals surface area contributed by atoms with Gasteiger partial charge in [0.25, 0.3) is 5.91 Å². The molecule has 3 aromatic carbocycles. The van der Waals surface area contributed by atoms with Crippen LogP contribution in [0.4, 0.5) is 0 Å². The van der Waals surface area contributed by atoms with Crippen molar-refractivity contribution >= 4 is 17.5 Å². The van der Waals surface area contributed by atoms with Crippen molar-refractivity contribution in [2.24, 2.45) is 0 Å². The van der Waals surface area contributed by atoms with Gasteiger partial charge in [0, 0.05) is 16.1 Å². The number of amides is 1. The second-order valence-electron chi connectivity index (χ2n) is 7.25. The topological polar surface area (TPSA) is 53.3 Å². The molecule has 1 heterocycles. The Hall–Kier alpha value is -3.29. The van der Waals surface area contributed by atoms with Gasteiger partial charge in [-0.15, -0.1) is 0 Å². The Balaban J connectivity index is 1.65. The molecule has 1 aliphatic heterocycles. The van der Waals surface area contributed by atoms with E-state index in [-0.39, 0.29) is 11.9 Å². The highest BCUT2D eigenvalue weighted by Crippen LogP contribution is 2.40. The Kier molecular flexibility index (Phi) is 5.74. The lowest BCUT2D eigenvalue weighted by Gasteiger charge is -2.28. The van der Waals surface area contributed by atoms with E-state index in [9.17, 15) is 10.1 Å². The largest absolute Gasteiger partial charge is 0.496 e. The smallest absolute Gasteiger partial charge is 0.255 e. The first-order chi connectivity index (χ1) is 14.6. The number of hydrogen-bond donors (Lipinski definition) is 0. The molecule has 4 rings (SSSR count). The summed E-state index contributed by atoms with van der Waals surface area (Å²) in [5, 5.41) is 10.2. The zero-order valence-electron chi connectivity index (χ0n) is 16.6. The van der Waals surface area contributed by atoms with E-state index in [1.807, 2.05) is 60.7 Å². The van der Waals surface area contributed by atoms with Gasteiger partial charge in [-0.05, 0) is 48.2 Å². The number of nitrogens with zero attached hydrogens (tertiary/aromatic N) is 2. The summed E-state index contributed by atoms with van der Waals surface area (Å²) in [5.74, 6) is 0.620. The van der Waals surface area contributed by atoms with E-state index >= 15 is 0 Å². The van der Waals surface area contributed by atoms with Crippen molar-refractivity contribution in [1.29, 1.82) is 5.26 Å². The fourth-order valence-electron chi connectivity index (χ4n) is 4.10. The van der Waals surface area contributed by atoms with Gasteiger partial charge in [0.2, 0.25) is 0 Å². The van der Waals surface area contributed by atoms with E-state index in [1.54, 1.807) is 24.1 Å². The number of nitriles is 1. The van der Waals surface area contributed by atoms with Gasteiger partial charge >= 0.3 is 0 Å². The summed E-state index contributed by atoms with van der Waals surface area (Å²) < 4.78 is 5.44. The first kappa shape index (κ1) is 20.0. The van der Waals surface area contributed by atoms with Crippen molar-refractivity contribution in [2.45, 2.75) is 24.9 Å². The number of carbonyl (C=O) groups is 1. The van der Waals surface area contributed by atoms with Crippen LogP contribution in [0.25, 0.3) is 11.1 Å². The van der Waals surface area contributed by atoms with E-state index in [4.69, 9.17) is 16.3 Å². The monoisotopic (exact) mass is 416 g/mol. The predicted octanol–water partition coefficient (Wildman–Crippen LogP) is 5.89. The van der Waals surface area contributed by atoms with Gasteiger partial charge in [-0.1, -0.05) is 60.1 Å². The van der Waals surface area contributed by atoms with E-state index < -0.39 is 6.04 Å². The van der Waals surface area contributed by atoms with E-state index in [0.29, 0.717) is 23.4 Å². The number of hydrogen-bond acceptors (Lipinski definition) is 3. The number of carbonyl (C=O) groups excluding carboxylic acids is 1. The highest BCUT2D eigenvalue weighted by molar-refractivity contribution is 6.31. The van der Waals surface area contributed by atoms with Crippen LogP contribution in [0.3, 0.4) is 0 Å².